The van der Waals surface area contributed by atoms with Gasteiger partial charge in [0, 0.05) is 5.41 Å². The first-order valence-electron chi connectivity index (χ1n) is 9.21. The van der Waals surface area contributed by atoms with E-state index in [0.29, 0.717) is 5.56 Å². The molecule has 1 aliphatic rings. The van der Waals surface area contributed by atoms with Gasteiger partial charge in [-0.1, -0.05) is 51.5 Å². The molecule has 0 saturated heterocycles. The molecule has 0 heterocycles. The lowest BCUT2D eigenvalue weighted by Crippen LogP contribution is -2.29. The van der Waals surface area contributed by atoms with Gasteiger partial charge in [-0.2, -0.15) is 0 Å². The van der Waals surface area contributed by atoms with E-state index in [1.54, 1.807) is 0 Å². The molecular weight excluding hydrogens is 296 g/mol. The molecule has 0 aliphatic heterocycles. The average Bonchev–Trinajstić information content (AvgIpc) is 2.60. The summed E-state index contributed by atoms with van der Waals surface area (Å²) in [5.41, 5.74) is 6.57. The predicted octanol–water partition coefficient (Wildman–Crippen LogP) is 5.63. The zero-order chi connectivity index (χ0) is 17.9. The zero-order valence-electron chi connectivity index (χ0n) is 15.7. The zero-order valence-corrected chi connectivity index (χ0v) is 15.7. The molecule has 1 aliphatic carbocycles. The Bertz CT molecular complexity index is 694. The number of carbonyl (C=O) groups is 1. The van der Waals surface area contributed by atoms with Crippen LogP contribution in [0.15, 0.2) is 29.9 Å². The highest BCUT2D eigenvalue weighted by atomic mass is 16.4. The largest absolute Gasteiger partial charge is 0.478 e. The smallest absolute Gasteiger partial charge is 0.335 e. The first kappa shape index (κ1) is 18.5. The fraction of sp³-hybridized carbons (Fsp3) is 0.500. The van der Waals surface area contributed by atoms with Gasteiger partial charge < -0.3 is 5.11 Å². The van der Waals surface area contributed by atoms with E-state index in [0.717, 1.165) is 37.7 Å². The molecule has 1 N–H and O–H groups in total. The van der Waals surface area contributed by atoms with E-state index in [2.05, 4.69) is 52.8 Å². The van der Waals surface area contributed by atoms with Crippen LogP contribution in [-0.2, 0) is 24.7 Å². The summed E-state index contributed by atoms with van der Waals surface area (Å²) in [4.78, 5) is 11.9. The highest BCUT2D eigenvalue weighted by molar-refractivity contribution is 5.90. The third-order valence-electron chi connectivity index (χ3n) is 5.54. The van der Waals surface area contributed by atoms with Crippen molar-refractivity contribution in [1.82, 2.24) is 0 Å². The quantitative estimate of drug-likeness (QED) is 0.736. The molecule has 0 radical (unpaired) electrons. The standard InChI is InChI=1S/C22H30O2/c1-6-16-14-19(21(23)24)18(8-3)20(17(16)7-2)22(9-4)12-10-15(5)11-13-22/h10-12,14H,6-9,13H2,1-5H3,(H,23,24). The van der Waals surface area contributed by atoms with Crippen LogP contribution >= 0.6 is 0 Å². The number of aryl methyl sites for hydroxylation is 1. The van der Waals surface area contributed by atoms with Crippen molar-refractivity contribution >= 4 is 5.97 Å². The number of rotatable bonds is 6. The molecule has 2 nitrogen and oxygen atoms in total. The van der Waals surface area contributed by atoms with Crippen LogP contribution in [0.5, 0.6) is 0 Å². The minimum Gasteiger partial charge on any atom is -0.478 e. The monoisotopic (exact) mass is 326 g/mol. The van der Waals surface area contributed by atoms with Crippen molar-refractivity contribution in [2.75, 3.05) is 0 Å². The van der Waals surface area contributed by atoms with Gasteiger partial charge in [-0.25, -0.2) is 4.79 Å². The lowest BCUT2D eigenvalue weighted by atomic mass is 9.67. The van der Waals surface area contributed by atoms with Gasteiger partial charge in [0.2, 0.25) is 0 Å². The number of allylic oxidation sites excluding steroid dienone is 4. The van der Waals surface area contributed by atoms with Crippen LogP contribution in [0.1, 0.15) is 80.1 Å². The normalized spacial score (nSPS) is 20.1. The van der Waals surface area contributed by atoms with Crippen LogP contribution < -0.4 is 0 Å². The molecule has 130 valence electrons. The van der Waals surface area contributed by atoms with Crippen molar-refractivity contribution < 1.29 is 9.90 Å². The number of hydrogen-bond donors (Lipinski definition) is 1. The molecule has 0 fully saturated rings. The second-order valence-corrected chi connectivity index (χ2v) is 6.78. The fourth-order valence-electron chi connectivity index (χ4n) is 4.10. The lowest BCUT2D eigenvalue weighted by molar-refractivity contribution is 0.0695. The summed E-state index contributed by atoms with van der Waals surface area (Å²) in [6, 6.07) is 1.92. The van der Waals surface area contributed by atoms with Gasteiger partial charge in [0.15, 0.2) is 0 Å². The van der Waals surface area contributed by atoms with Crippen LogP contribution in [0.4, 0.5) is 0 Å². The Balaban J connectivity index is 2.86. The summed E-state index contributed by atoms with van der Waals surface area (Å²) in [5.74, 6) is -0.803. The first-order valence-corrected chi connectivity index (χ1v) is 9.21. The molecule has 2 rings (SSSR count). The van der Waals surface area contributed by atoms with Crippen molar-refractivity contribution in [3.8, 4) is 0 Å². The van der Waals surface area contributed by atoms with E-state index in [-0.39, 0.29) is 5.41 Å². The van der Waals surface area contributed by atoms with E-state index in [9.17, 15) is 9.90 Å². The minimum absolute atomic E-state index is 0.0778. The van der Waals surface area contributed by atoms with Crippen molar-refractivity contribution in [3.05, 3.63) is 57.7 Å². The fourth-order valence-corrected chi connectivity index (χ4v) is 4.10. The summed E-state index contributed by atoms with van der Waals surface area (Å²) < 4.78 is 0. The maximum Gasteiger partial charge on any atom is 0.335 e. The van der Waals surface area contributed by atoms with Gasteiger partial charge >= 0.3 is 5.97 Å². The molecule has 1 atom stereocenters. The van der Waals surface area contributed by atoms with E-state index >= 15 is 0 Å². The minimum atomic E-state index is -0.803. The van der Waals surface area contributed by atoms with Crippen molar-refractivity contribution in [1.29, 1.82) is 0 Å². The van der Waals surface area contributed by atoms with Gasteiger partial charge in [-0.15, -0.1) is 0 Å². The second kappa shape index (κ2) is 7.38. The maximum atomic E-state index is 11.9. The molecule has 0 saturated carbocycles. The maximum absolute atomic E-state index is 11.9. The highest BCUT2D eigenvalue weighted by Gasteiger charge is 2.34. The van der Waals surface area contributed by atoms with Crippen LogP contribution in [0.3, 0.4) is 0 Å². The van der Waals surface area contributed by atoms with Gasteiger partial charge in [0.1, 0.15) is 0 Å². The Hall–Kier alpha value is -1.83. The summed E-state index contributed by atoms with van der Waals surface area (Å²) in [5, 5.41) is 9.77. The van der Waals surface area contributed by atoms with Gasteiger partial charge in [0.05, 0.1) is 5.56 Å². The van der Waals surface area contributed by atoms with Crippen LogP contribution in [0.25, 0.3) is 0 Å². The van der Waals surface area contributed by atoms with Crippen molar-refractivity contribution in [3.63, 3.8) is 0 Å². The third-order valence-corrected chi connectivity index (χ3v) is 5.54. The van der Waals surface area contributed by atoms with Gasteiger partial charge in [0.25, 0.3) is 0 Å². The molecule has 0 bridgehead atoms. The summed E-state index contributed by atoms with van der Waals surface area (Å²) in [6.07, 6.45) is 11.3. The molecule has 0 amide bonds. The summed E-state index contributed by atoms with van der Waals surface area (Å²) in [7, 11) is 0. The Morgan fingerprint density at radius 1 is 1.12 bits per heavy atom. The number of hydrogen-bond acceptors (Lipinski definition) is 1. The van der Waals surface area contributed by atoms with Gasteiger partial charge in [-0.3, -0.25) is 0 Å². The average molecular weight is 326 g/mol. The van der Waals surface area contributed by atoms with E-state index in [1.807, 2.05) is 6.07 Å². The lowest BCUT2D eigenvalue weighted by Gasteiger charge is -2.37. The second-order valence-electron chi connectivity index (χ2n) is 6.78. The topological polar surface area (TPSA) is 37.3 Å². The molecule has 2 heteroatoms. The Kier molecular flexibility index (Phi) is 5.69. The molecule has 1 unspecified atom stereocenters. The number of benzene rings is 1. The van der Waals surface area contributed by atoms with Crippen LogP contribution in [0.2, 0.25) is 0 Å². The van der Waals surface area contributed by atoms with E-state index in [4.69, 9.17) is 0 Å². The third kappa shape index (κ3) is 3.07. The summed E-state index contributed by atoms with van der Waals surface area (Å²) >= 11 is 0. The molecule has 0 spiro atoms. The number of carboxylic acids is 1. The highest BCUT2D eigenvalue weighted by Crippen LogP contribution is 2.43. The predicted molar refractivity (Wildman–Crippen MR) is 101 cm³/mol. The molecule has 1 aromatic rings. The van der Waals surface area contributed by atoms with Gasteiger partial charge in [-0.05, 0) is 67.3 Å². The molecule has 1 aromatic carbocycles. The Labute approximate surface area is 146 Å². The van der Waals surface area contributed by atoms with Crippen molar-refractivity contribution in [2.24, 2.45) is 0 Å². The van der Waals surface area contributed by atoms with Crippen molar-refractivity contribution in [2.45, 2.75) is 72.1 Å². The summed E-state index contributed by atoms with van der Waals surface area (Å²) in [6.45, 7) is 10.7. The van der Waals surface area contributed by atoms with Crippen LogP contribution in [0, 0.1) is 0 Å². The van der Waals surface area contributed by atoms with E-state index < -0.39 is 5.97 Å². The molecule has 24 heavy (non-hydrogen) atoms. The Morgan fingerprint density at radius 3 is 2.21 bits per heavy atom. The number of aromatic carboxylic acids is 1. The Morgan fingerprint density at radius 2 is 1.79 bits per heavy atom. The van der Waals surface area contributed by atoms with Crippen LogP contribution in [-0.4, -0.2) is 11.1 Å². The number of carboxylic acid groups (broad SMARTS) is 1. The first-order chi connectivity index (χ1) is 11.4. The SMILES string of the molecule is CCc1cc(C(=O)O)c(CC)c(C2(CC)C=CC(C)=CC2)c1CC. The van der Waals surface area contributed by atoms with E-state index in [1.165, 1.54) is 22.3 Å². The molecular formula is C22H30O2. The molecule has 0 aromatic heterocycles.